The van der Waals surface area contributed by atoms with Gasteiger partial charge in [-0.05, 0) is 81.1 Å². The predicted molar refractivity (Wildman–Crippen MR) is 188 cm³/mol. The lowest BCUT2D eigenvalue weighted by Crippen LogP contribution is -2.67. The van der Waals surface area contributed by atoms with E-state index in [-0.39, 0.29) is 35.5 Å². The zero-order valence-corrected chi connectivity index (χ0v) is 30.6. The summed E-state index contributed by atoms with van der Waals surface area (Å²) in [5.74, 6) is 0.178. The van der Waals surface area contributed by atoms with Crippen molar-refractivity contribution in [1.29, 1.82) is 0 Å². The maximum Gasteiger partial charge on any atom is 0.410 e. The Kier molecular flexibility index (Phi) is 11.1. The molecule has 0 N–H and O–H groups in total. The predicted octanol–water partition coefficient (Wildman–Crippen LogP) is 6.90. The van der Waals surface area contributed by atoms with E-state index in [4.69, 9.17) is 23.4 Å². The minimum absolute atomic E-state index is 0.119. The molecule has 4 rings (SSSR count). The molecule has 0 aromatic heterocycles. The van der Waals surface area contributed by atoms with Gasteiger partial charge >= 0.3 is 12.1 Å². The van der Waals surface area contributed by atoms with Crippen LogP contribution in [0.3, 0.4) is 0 Å². The number of likely N-dealkylation sites (tertiary alicyclic amines) is 1. The molecule has 1 heterocycles. The van der Waals surface area contributed by atoms with E-state index in [2.05, 4.69) is 69.3 Å². The van der Waals surface area contributed by atoms with E-state index in [0.29, 0.717) is 24.5 Å². The summed E-state index contributed by atoms with van der Waals surface area (Å²) in [5.41, 5.74) is 0.400. The van der Waals surface area contributed by atoms with Crippen molar-refractivity contribution in [2.24, 2.45) is 0 Å². The van der Waals surface area contributed by atoms with Gasteiger partial charge in [-0.3, -0.25) is 4.90 Å². The van der Waals surface area contributed by atoms with E-state index in [1.165, 1.54) is 17.5 Å². The Labute approximate surface area is 281 Å². The fourth-order valence-corrected chi connectivity index (χ4v) is 11.0. The maximum absolute atomic E-state index is 13.7. The molecule has 47 heavy (non-hydrogen) atoms. The number of nitrogens with zero attached hydrogens (tertiary/aromatic N) is 1. The summed E-state index contributed by atoms with van der Waals surface area (Å²) in [6.07, 6.45) is -0.357. The van der Waals surface area contributed by atoms with Gasteiger partial charge in [-0.25, -0.2) is 9.59 Å². The average Bonchev–Trinajstić information content (AvgIpc) is 3.40. The van der Waals surface area contributed by atoms with Crippen molar-refractivity contribution in [2.75, 3.05) is 20.3 Å². The molecule has 0 aliphatic carbocycles. The molecule has 9 heteroatoms. The van der Waals surface area contributed by atoms with Crippen LogP contribution in [0.25, 0.3) is 0 Å². The number of amides is 1. The van der Waals surface area contributed by atoms with Crippen molar-refractivity contribution in [3.8, 4) is 11.5 Å². The smallest absolute Gasteiger partial charge is 0.410 e. The van der Waals surface area contributed by atoms with Gasteiger partial charge in [-0.15, -0.1) is 0 Å². The Bertz CT molecular complexity index is 1470. The van der Waals surface area contributed by atoms with E-state index < -0.39 is 26.0 Å². The Hall–Kier alpha value is -3.82. The molecule has 0 unspecified atom stereocenters. The minimum atomic E-state index is -2.90. The topological polar surface area (TPSA) is 83.5 Å². The number of rotatable bonds is 10. The van der Waals surface area contributed by atoms with Crippen LogP contribution in [0, 0.1) is 6.92 Å². The largest absolute Gasteiger partial charge is 0.490 e. The van der Waals surface area contributed by atoms with E-state index in [1.54, 1.807) is 17.0 Å². The van der Waals surface area contributed by atoms with Crippen LogP contribution in [0.2, 0.25) is 5.04 Å². The highest BCUT2D eigenvalue weighted by molar-refractivity contribution is 6.99. The van der Waals surface area contributed by atoms with Crippen LogP contribution in [0.5, 0.6) is 11.5 Å². The molecule has 0 bridgehead atoms. The van der Waals surface area contributed by atoms with Crippen LogP contribution in [0.1, 0.15) is 77.7 Å². The van der Waals surface area contributed by atoms with Crippen LogP contribution in [-0.4, -0.2) is 69.4 Å². The summed E-state index contributed by atoms with van der Waals surface area (Å²) in [7, 11) is -1.57. The lowest BCUT2D eigenvalue weighted by atomic mass is 10.1. The standard InChI is InChI=1S/C38H51NO7Si/c1-26(2)44-33-22-27(3)21-32(34(33)35(40)42-10)43-25-28-23-29(24-39(28)36(41)45-37(4,5)6)46-47(38(7,8)9,30-17-13-11-14-18-30)31-19-15-12-16-20-31/h11-22,26,28-29H,23-25H2,1-10H3/t28-,29+/m0/s1. The molecule has 1 aliphatic rings. The summed E-state index contributed by atoms with van der Waals surface area (Å²) in [5, 5.41) is 2.11. The van der Waals surface area contributed by atoms with Gasteiger partial charge in [0, 0.05) is 6.54 Å². The normalized spacial score (nSPS) is 17.0. The number of ether oxygens (including phenoxy) is 4. The number of aryl methyl sites for hydroxylation is 1. The highest BCUT2D eigenvalue weighted by Gasteiger charge is 2.53. The summed E-state index contributed by atoms with van der Waals surface area (Å²) in [6, 6.07) is 24.1. The average molecular weight is 662 g/mol. The van der Waals surface area contributed by atoms with E-state index >= 15 is 0 Å². The Morgan fingerprint density at radius 2 is 1.45 bits per heavy atom. The van der Waals surface area contributed by atoms with Gasteiger partial charge in [0.1, 0.15) is 29.3 Å². The van der Waals surface area contributed by atoms with Crippen LogP contribution < -0.4 is 19.8 Å². The first kappa shape index (κ1) is 36.0. The van der Waals surface area contributed by atoms with E-state index in [9.17, 15) is 9.59 Å². The third-order valence-electron chi connectivity index (χ3n) is 8.16. The van der Waals surface area contributed by atoms with Crippen LogP contribution in [0.4, 0.5) is 4.79 Å². The summed E-state index contributed by atoms with van der Waals surface area (Å²) >= 11 is 0. The van der Waals surface area contributed by atoms with Gasteiger partial charge in [0.25, 0.3) is 8.32 Å². The number of hydrogen-bond donors (Lipinski definition) is 0. The first-order valence-corrected chi connectivity index (χ1v) is 18.3. The Morgan fingerprint density at radius 1 is 0.894 bits per heavy atom. The van der Waals surface area contributed by atoms with Gasteiger partial charge in [0.05, 0.1) is 25.4 Å². The van der Waals surface area contributed by atoms with Gasteiger partial charge in [-0.2, -0.15) is 0 Å². The summed E-state index contributed by atoms with van der Waals surface area (Å²) < 4.78 is 30.8. The van der Waals surface area contributed by atoms with Crippen molar-refractivity contribution in [1.82, 2.24) is 4.90 Å². The molecule has 0 radical (unpaired) electrons. The zero-order chi connectivity index (χ0) is 34.6. The van der Waals surface area contributed by atoms with Gasteiger partial charge < -0.3 is 23.4 Å². The Balaban J connectivity index is 1.73. The van der Waals surface area contributed by atoms with Crippen molar-refractivity contribution in [2.45, 2.75) is 97.6 Å². The van der Waals surface area contributed by atoms with Crippen molar-refractivity contribution < 1.29 is 33.0 Å². The molecule has 8 nitrogen and oxygen atoms in total. The molecule has 3 aromatic rings. The minimum Gasteiger partial charge on any atom is -0.490 e. The number of benzene rings is 3. The van der Waals surface area contributed by atoms with Crippen LogP contribution in [-0.2, 0) is 13.9 Å². The molecule has 254 valence electrons. The molecule has 3 aromatic carbocycles. The SMILES string of the molecule is COC(=O)c1c(OC[C@@H]2C[C@@H](O[Si](c3ccccc3)(c3ccccc3)C(C)(C)C)CN2C(=O)OC(C)(C)C)cc(C)cc1OC(C)C. The third kappa shape index (κ3) is 8.37. The van der Waals surface area contributed by atoms with Crippen LogP contribution in [0.15, 0.2) is 72.8 Å². The molecule has 1 aliphatic heterocycles. The quantitative estimate of drug-likeness (QED) is 0.173. The fourth-order valence-electron chi connectivity index (χ4n) is 6.27. The maximum atomic E-state index is 13.7. The van der Waals surface area contributed by atoms with Gasteiger partial charge in [0.2, 0.25) is 0 Å². The fraction of sp³-hybridized carbons (Fsp3) is 0.474. The molecule has 0 saturated carbocycles. The van der Waals surface area contributed by atoms with Gasteiger partial charge in [0.15, 0.2) is 0 Å². The number of methoxy groups -OCH3 is 1. The molecule has 2 atom stereocenters. The number of carbonyl (C=O) groups is 2. The first-order chi connectivity index (χ1) is 22.1. The van der Waals surface area contributed by atoms with E-state index in [0.717, 1.165) is 5.56 Å². The lowest BCUT2D eigenvalue weighted by Gasteiger charge is -2.44. The summed E-state index contributed by atoms with van der Waals surface area (Å²) in [4.78, 5) is 28.4. The third-order valence-corrected chi connectivity index (χ3v) is 13.3. The monoisotopic (exact) mass is 661 g/mol. The molecule has 0 spiro atoms. The van der Waals surface area contributed by atoms with Crippen molar-refractivity contribution in [3.63, 3.8) is 0 Å². The second-order valence-corrected chi connectivity index (χ2v) is 18.8. The zero-order valence-electron chi connectivity index (χ0n) is 29.6. The second kappa shape index (κ2) is 14.5. The molecule has 1 saturated heterocycles. The highest BCUT2D eigenvalue weighted by Crippen LogP contribution is 2.40. The molecular formula is C38H51NO7Si. The number of esters is 1. The van der Waals surface area contributed by atoms with Crippen molar-refractivity contribution in [3.05, 3.63) is 83.9 Å². The first-order valence-electron chi connectivity index (χ1n) is 16.4. The van der Waals surface area contributed by atoms with Crippen molar-refractivity contribution >= 4 is 30.8 Å². The lowest BCUT2D eigenvalue weighted by molar-refractivity contribution is 0.0173. The second-order valence-electron chi connectivity index (χ2n) is 14.5. The molecular weight excluding hydrogens is 611 g/mol. The summed E-state index contributed by atoms with van der Waals surface area (Å²) in [6.45, 7) is 18.5. The van der Waals surface area contributed by atoms with Crippen LogP contribution >= 0.6 is 0 Å². The molecule has 1 fully saturated rings. The number of carbonyl (C=O) groups excluding carboxylic acids is 2. The van der Waals surface area contributed by atoms with E-state index in [1.807, 2.05) is 53.7 Å². The highest BCUT2D eigenvalue weighted by atomic mass is 28.4. The molecule has 1 amide bonds. The Morgan fingerprint density at radius 3 is 1.94 bits per heavy atom. The van der Waals surface area contributed by atoms with Gasteiger partial charge in [-0.1, -0.05) is 81.4 Å². The number of hydrogen-bond acceptors (Lipinski definition) is 7.